The fraction of sp³-hybridized carbons (Fsp3) is 0.167. The first kappa shape index (κ1) is 14.5. The summed E-state index contributed by atoms with van der Waals surface area (Å²) in [6.45, 7) is 3.78. The lowest BCUT2D eigenvalue weighted by atomic mass is 10.3. The predicted octanol–water partition coefficient (Wildman–Crippen LogP) is 2.97. The second-order valence-electron chi connectivity index (χ2n) is 4.51. The molecule has 0 atom stereocenters. The van der Waals surface area contributed by atoms with Gasteiger partial charge in [-0.15, -0.1) is 11.3 Å². The number of aryl methyl sites for hydroxylation is 2. The maximum Gasteiger partial charge on any atom is 0.272 e. The van der Waals surface area contributed by atoms with E-state index in [1.165, 1.54) is 11.3 Å². The molecule has 0 aliphatic carbocycles. The Morgan fingerprint density at radius 1 is 1.33 bits per heavy atom. The SMILES string of the molecule is Cc1cc(S(=O)(=O)Nc2cn3cc(Br)ncc3n2)sc1C. The van der Waals surface area contributed by atoms with Crippen LogP contribution in [0.15, 0.2) is 33.5 Å². The number of aromatic nitrogens is 3. The molecule has 0 spiro atoms. The van der Waals surface area contributed by atoms with Gasteiger partial charge in [0.25, 0.3) is 10.0 Å². The number of rotatable bonds is 3. The van der Waals surface area contributed by atoms with Crippen molar-refractivity contribution in [3.8, 4) is 0 Å². The molecule has 0 saturated carbocycles. The van der Waals surface area contributed by atoms with Gasteiger partial charge in [-0.1, -0.05) is 0 Å². The summed E-state index contributed by atoms with van der Waals surface area (Å²) in [6, 6.07) is 1.66. The predicted molar refractivity (Wildman–Crippen MR) is 85.3 cm³/mol. The average Bonchev–Trinajstić information content (AvgIpc) is 2.92. The molecule has 3 aromatic heterocycles. The van der Waals surface area contributed by atoms with Gasteiger partial charge in [0.1, 0.15) is 8.81 Å². The van der Waals surface area contributed by atoms with Gasteiger partial charge < -0.3 is 4.40 Å². The van der Waals surface area contributed by atoms with Crippen molar-refractivity contribution in [1.82, 2.24) is 14.4 Å². The van der Waals surface area contributed by atoms with Crippen molar-refractivity contribution in [1.29, 1.82) is 0 Å². The molecule has 6 nitrogen and oxygen atoms in total. The zero-order valence-electron chi connectivity index (χ0n) is 11.2. The van der Waals surface area contributed by atoms with Crippen LogP contribution in [0, 0.1) is 13.8 Å². The van der Waals surface area contributed by atoms with E-state index in [2.05, 4.69) is 30.6 Å². The van der Waals surface area contributed by atoms with Crippen LogP contribution in [-0.2, 0) is 10.0 Å². The van der Waals surface area contributed by atoms with Gasteiger partial charge in [0.15, 0.2) is 11.5 Å². The highest BCUT2D eigenvalue weighted by Crippen LogP contribution is 2.26. The smallest absolute Gasteiger partial charge is 0.272 e. The molecular weight excluding hydrogens is 376 g/mol. The normalized spacial score (nSPS) is 12.0. The highest BCUT2D eigenvalue weighted by Gasteiger charge is 2.19. The average molecular weight is 387 g/mol. The summed E-state index contributed by atoms with van der Waals surface area (Å²) < 4.78 is 29.8. The molecule has 0 radical (unpaired) electrons. The first-order valence-electron chi connectivity index (χ1n) is 5.95. The molecule has 9 heteroatoms. The van der Waals surface area contributed by atoms with E-state index in [9.17, 15) is 8.42 Å². The Morgan fingerprint density at radius 3 is 2.76 bits per heavy atom. The zero-order chi connectivity index (χ0) is 15.2. The molecule has 3 aromatic rings. The Hall–Kier alpha value is -1.45. The molecule has 0 aliphatic heterocycles. The minimum absolute atomic E-state index is 0.263. The van der Waals surface area contributed by atoms with Gasteiger partial charge in [-0.25, -0.2) is 18.4 Å². The Morgan fingerprint density at radius 2 is 2.10 bits per heavy atom. The highest BCUT2D eigenvalue weighted by atomic mass is 79.9. The van der Waals surface area contributed by atoms with Crippen LogP contribution in [0.25, 0.3) is 5.65 Å². The number of sulfonamides is 1. The molecule has 0 fully saturated rings. The molecule has 3 heterocycles. The van der Waals surface area contributed by atoms with Crippen LogP contribution in [-0.4, -0.2) is 22.8 Å². The summed E-state index contributed by atoms with van der Waals surface area (Å²) >= 11 is 4.50. The van der Waals surface area contributed by atoms with E-state index in [-0.39, 0.29) is 10.0 Å². The number of thiophene rings is 1. The number of anilines is 1. The third-order valence-electron chi connectivity index (χ3n) is 2.96. The number of nitrogens with zero attached hydrogens (tertiary/aromatic N) is 3. The Bertz CT molecular complexity index is 911. The van der Waals surface area contributed by atoms with E-state index in [0.717, 1.165) is 10.4 Å². The zero-order valence-corrected chi connectivity index (χ0v) is 14.4. The molecule has 1 N–H and O–H groups in total. The first-order valence-corrected chi connectivity index (χ1v) is 9.04. The number of imidazole rings is 1. The van der Waals surface area contributed by atoms with E-state index in [1.54, 1.807) is 29.1 Å². The molecule has 0 amide bonds. The molecular formula is C12H11BrN4O2S2. The lowest BCUT2D eigenvalue weighted by Crippen LogP contribution is -2.11. The van der Waals surface area contributed by atoms with Crippen molar-refractivity contribution in [2.24, 2.45) is 0 Å². The lowest BCUT2D eigenvalue weighted by Gasteiger charge is -2.01. The molecule has 0 saturated heterocycles. The minimum atomic E-state index is -3.61. The Balaban J connectivity index is 1.97. The van der Waals surface area contributed by atoms with Crippen molar-refractivity contribution in [3.05, 3.63) is 39.7 Å². The summed E-state index contributed by atoms with van der Waals surface area (Å²) in [4.78, 5) is 9.22. The molecule has 110 valence electrons. The Kier molecular flexibility index (Phi) is 3.50. The number of fused-ring (bicyclic) bond motifs is 1. The maximum atomic E-state index is 12.3. The summed E-state index contributed by atoms with van der Waals surface area (Å²) in [7, 11) is -3.61. The molecule has 0 bridgehead atoms. The second-order valence-corrected chi connectivity index (χ2v) is 8.49. The van der Waals surface area contributed by atoms with Crippen LogP contribution in [0.5, 0.6) is 0 Å². The number of nitrogens with one attached hydrogen (secondary N) is 1. The largest absolute Gasteiger partial charge is 0.301 e. The number of halogens is 1. The van der Waals surface area contributed by atoms with Crippen LogP contribution in [0.2, 0.25) is 0 Å². The van der Waals surface area contributed by atoms with Gasteiger partial charge >= 0.3 is 0 Å². The summed E-state index contributed by atoms with van der Waals surface area (Å²) in [5.41, 5.74) is 1.53. The van der Waals surface area contributed by atoms with Gasteiger partial charge in [-0.05, 0) is 41.4 Å². The van der Waals surface area contributed by atoms with Crippen molar-refractivity contribution >= 4 is 48.8 Å². The van der Waals surface area contributed by atoms with E-state index in [4.69, 9.17) is 0 Å². The van der Waals surface area contributed by atoms with Crippen LogP contribution in [0.1, 0.15) is 10.4 Å². The van der Waals surface area contributed by atoms with Crippen LogP contribution >= 0.6 is 27.3 Å². The van der Waals surface area contributed by atoms with Gasteiger partial charge in [0.2, 0.25) is 0 Å². The standard InChI is InChI=1S/C12H11BrN4O2S2/c1-7-3-12(20-8(7)2)21(18,19)16-10-6-17-5-9(13)14-4-11(17)15-10/h3-6,16H,1-2H3. The third kappa shape index (κ3) is 2.81. The second kappa shape index (κ2) is 5.08. The summed E-state index contributed by atoms with van der Waals surface area (Å²) in [5, 5.41) is 0. The third-order valence-corrected chi connectivity index (χ3v) is 6.35. The van der Waals surface area contributed by atoms with Crippen molar-refractivity contribution < 1.29 is 8.42 Å². The maximum absolute atomic E-state index is 12.3. The molecule has 0 aromatic carbocycles. The highest BCUT2D eigenvalue weighted by molar-refractivity contribution is 9.10. The number of hydrogen-bond acceptors (Lipinski definition) is 5. The number of hydrogen-bond donors (Lipinski definition) is 1. The van der Waals surface area contributed by atoms with Crippen LogP contribution < -0.4 is 4.72 Å². The van der Waals surface area contributed by atoms with Gasteiger partial charge in [0, 0.05) is 11.1 Å². The van der Waals surface area contributed by atoms with Crippen LogP contribution in [0.3, 0.4) is 0 Å². The van der Waals surface area contributed by atoms with Gasteiger partial charge in [-0.3, -0.25) is 4.72 Å². The molecule has 0 aliphatic rings. The quantitative estimate of drug-likeness (QED) is 0.750. The van der Waals surface area contributed by atoms with E-state index in [1.807, 2.05) is 13.8 Å². The topological polar surface area (TPSA) is 76.4 Å². The van der Waals surface area contributed by atoms with Gasteiger partial charge in [0.05, 0.1) is 12.4 Å². The van der Waals surface area contributed by atoms with Crippen molar-refractivity contribution in [2.75, 3.05) is 4.72 Å². The van der Waals surface area contributed by atoms with Crippen LogP contribution in [0.4, 0.5) is 5.82 Å². The first-order chi connectivity index (χ1) is 9.85. The van der Waals surface area contributed by atoms with Crippen molar-refractivity contribution in [2.45, 2.75) is 18.1 Å². The molecule has 21 heavy (non-hydrogen) atoms. The monoisotopic (exact) mass is 386 g/mol. The minimum Gasteiger partial charge on any atom is -0.301 e. The fourth-order valence-corrected chi connectivity index (χ4v) is 4.61. The summed E-state index contributed by atoms with van der Waals surface area (Å²) in [5.74, 6) is 0.263. The van der Waals surface area contributed by atoms with Crippen molar-refractivity contribution in [3.63, 3.8) is 0 Å². The molecule has 3 rings (SSSR count). The Labute approximate surface area is 134 Å². The van der Waals surface area contributed by atoms with Gasteiger partial charge in [-0.2, -0.15) is 0 Å². The lowest BCUT2D eigenvalue weighted by molar-refractivity contribution is 0.603. The fourth-order valence-electron chi connectivity index (χ4n) is 1.78. The summed E-state index contributed by atoms with van der Waals surface area (Å²) in [6.07, 6.45) is 4.87. The van der Waals surface area contributed by atoms with E-state index in [0.29, 0.717) is 10.3 Å². The van der Waals surface area contributed by atoms with E-state index >= 15 is 0 Å². The molecule has 0 unspecified atom stereocenters. The van der Waals surface area contributed by atoms with E-state index < -0.39 is 10.0 Å².